The lowest BCUT2D eigenvalue weighted by Crippen LogP contribution is -2.23. The predicted octanol–water partition coefficient (Wildman–Crippen LogP) is 1.45. The van der Waals surface area contributed by atoms with Gasteiger partial charge in [-0.1, -0.05) is 13.3 Å². The Balaban J connectivity index is 2.29. The maximum atomic E-state index is 11.1. The molecule has 0 aromatic carbocycles. The highest BCUT2D eigenvalue weighted by molar-refractivity contribution is 5.88. The van der Waals surface area contributed by atoms with E-state index in [9.17, 15) is 4.79 Å². The van der Waals surface area contributed by atoms with E-state index in [0.717, 1.165) is 13.1 Å². The fourth-order valence-electron chi connectivity index (χ4n) is 1.35. The van der Waals surface area contributed by atoms with Gasteiger partial charge in [0.2, 0.25) is 0 Å². The fraction of sp³-hybridized carbons (Fsp3) is 0.889. The van der Waals surface area contributed by atoms with Crippen LogP contribution in [0.25, 0.3) is 0 Å². The van der Waals surface area contributed by atoms with Gasteiger partial charge in [-0.25, -0.2) is 0 Å². The van der Waals surface area contributed by atoms with Gasteiger partial charge in [0.05, 0.1) is 5.54 Å². The zero-order valence-electron chi connectivity index (χ0n) is 7.68. The van der Waals surface area contributed by atoms with Crippen molar-refractivity contribution in [1.82, 2.24) is 4.90 Å². The number of carbonyl (C=O) groups is 1. The highest BCUT2D eigenvalue weighted by atomic mass is 16.1. The number of ketones is 1. The van der Waals surface area contributed by atoms with Crippen molar-refractivity contribution in [1.29, 1.82) is 0 Å². The zero-order chi connectivity index (χ0) is 8.48. The number of rotatable bonds is 4. The van der Waals surface area contributed by atoms with Crippen LogP contribution in [0.5, 0.6) is 0 Å². The summed E-state index contributed by atoms with van der Waals surface area (Å²) >= 11 is 0. The zero-order valence-corrected chi connectivity index (χ0v) is 7.68. The number of nitrogens with zero attached hydrogens (tertiary/aromatic N) is 1. The van der Waals surface area contributed by atoms with Crippen LogP contribution in [0.3, 0.4) is 0 Å². The van der Waals surface area contributed by atoms with Crippen LogP contribution >= 0.6 is 0 Å². The molecule has 11 heavy (non-hydrogen) atoms. The summed E-state index contributed by atoms with van der Waals surface area (Å²) in [6.07, 6.45) is 2.42. The van der Waals surface area contributed by atoms with Crippen LogP contribution in [-0.2, 0) is 4.79 Å². The molecule has 2 nitrogen and oxygen atoms in total. The smallest absolute Gasteiger partial charge is 0.151 e. The second kappa shape index (κ2) is 2.94. The third kappa shape index (κ3) is 1.62. The minimum atomic E-state index is -0.0881. The first-order valence-corrected chi connectivity index (χ1v) is 4.37. The van der Waals surface area contributed by atoms with Crippen molar-refractivity contribution in [3.8, 4) is 0 Å². The van der Waals surface area contributed by atoms with Crippen molar-refractivity contribution in [2.24, 2.45) is 0 Å². The summed E-state index contributed by atoms with van der Waals surface area (Å²) in [5.74, 6) is 0.314. The molecule has 0 aromatic heterocycles. The van der Waals surface area contributed by atoms with Gasteiger partial charge in [0.25, 0.3) is 0 Å². The van der Waals surface area contributed by atoms with Crippen molar-refractivity contribution in [2.45, 2.75) is 39.2 Å². The van der Waals surface area contributed by atoms with Crippen LogP contribution in [0.15, 0.2) is 0 Å². The Hall–Kier alpha value is -0.370. The SMILES string of the molecule is CCCCN1CC1(C)C(C)=O. The van der Waals surface area contributed by atoms with E-state index < -0.39 is 0 Å². The summed E-state index contributed by atoms with van der Waals surface area (Å²) in [5, 5.41) is 0. The van der Waals surface area contributed by atoms with Gasteiger partial charge in [0.1, 0.15) is 0 Å². The first-order chi connectivity index (χ1) is 5.11. The first-order valence-electron chi connectivity index (χ1n) is 4.37. The molecule has 2 atom stereocenters. The number of hydrogen-bond donors (Lipinski definition) is 0. The van der Waals surface area contributed by atoms with Crippen LogP contribution in [0.2, 0.25) is 0 Å². The molecule has 1 saturated heterocycles. The molecule has 1 aliphatic rings. The third-order valence-corrected chi connectivity index (χ3v) is 2.63. The molecular weight excluding hydrogens is 138 g/mol. The molecule has 0 N–H and O–H groups in total. The fourth-order valence-corrected chi connectivity index (χ4v) is 1.35. The lowest BCUT2D eigenvalue weighted by atomic mass is 10.1. The number of carbonyl (C=O) groups excluding carboxylic acids is 1. The van der Waals surface area contributed by atoms with Gasteiger partial charge in [-0.2, -0.15) is 0 Å². The Morgan fingerprint density at radius 3 is 2.64 bits per heavy atom. The van der Waals surface area contributed by atoms with Crippen molar-refractivity contribution in [2.75, 3.05) is 13.1 Å². The van der Waals surface area contributed by atoms with Gasteiger partial charge in [-0.15, -0.1) is 0 Å². The quantitative estimate of drug-likeness (QED) is 0.573. The number of unbranched alkanes of at least 4 members (excludes halogenated alkanes) is 1. The topological polar surface area (TPSA) is 20.1 Å². The second-order valence-electron chi connectivity index (χ2n) is 3.61. The van der Waals surface area contributed by atoms with Crippen LogP contribution < -0.4 is 0 Å². The summed E-state index contributed by atoms with van der Waals surface area (Å²) in [7, 11) is 0. The molecule has 1 aliphatic heterocycles. The molecule has 1 fully saturated rings. The van der Waals surface area contributed by atoms with Crippen LogP contribution in [0.4, 0.5) is 0 Å². The molecule has 64 valence electrons. The first kappa shape index (κ1) is 8.72. The molecule has 0 aromatic rings. The van der Waals surface area contributed by atoms with E-state index in [-0.39, 0.29) is 5.54 Å². The van der Waals surface area contributed by atoms with E-state index >= 15 is 0 Å². The number of Topliss-reactive ketones (excluding diaryl/α,β-unsaturated/α-hetero) is 1. The lowest BCUT2D eigenvalue weighted by Gasteiger charge is -2.07. The Bertz CT molecular complexity index is 167. The molecule has 0 aliphatic carbocycles. The molecule has 1 heterocycles. The van der Waals surface area contributed by atoms with E-state index in [4.69, 9.17) is 0 Å². The second-order valence-corrected chi connectivity index (χ2v) is 3.61. The Labute approximate surface area is 68.6 Å². The van der Waals surface area contributed by atoms with E-state index in [0.29, 0.717) is 5.78 Å². The summed E-state index contributed by atoms with van der Waals surface area (Å²) in [6.45, 7) is 7.96. The Morgan fingerprint density at radius 2 is 2.27 bits per heavy atom. The van der Waals surface area contributed by atoms with Gasteiger partial charge in [-0.05, 0) is 26.8 Å². The molecule has 0 spiro atoms. The predicted molar refractivity (Wildman–Crippen MR) is 45.6 cm³/mol. The maximum absolute atomic E-state index is 11.1. The van der Waals surface area contributed by atoms with E-state index in [1.807, 2.05) is 6.92 Å². The summed E-state index contributed by atoms with van der Waals surface area (Å²) in [4.78, 5) is 13.3. The van der Waals surface area contributed by atoms with Gasteiger partial charge < -0.3 is 0 Å². The monoisotopic (exact) mass is 155 g/mol. The van der Waals surface area contributed by atoms with E-state index in [2.05, 4.69) is 11.8 Å². The average Bonchev–Trinajstić information content (AvgIpc) is 2.59. The molecule has 1 rings (SSSR count). The summed E-state index contributed by atoms with van der Waals surface area (Å²) < 4.78 is 0. The minimum Gasteiger partial charge on any atom is -0.298 e. The molecule has 0 saturated carbocycles. The molecule has 0 bridgehead atoms. The van der Waals surface area contributed by atoms with Gasteiger partial charge in [0, 0.05) is 6.54 Å². The van der Waals surface area contributed by atoms with Crippen LogP contribution in [0, 0.1) is 0 Å². The van der Waals surface area contributed by atoms with Crippen molar-refractivity contribution < 1.29 is 4.79 Å². The highest BCUT2D eigenvalue weighted by Crippen LogP contribution is 2.32. The molecule has 0 radical (unpaired) electrons. The Morgan fingerprint density at radius 1 is 1.64 bits per heavy atom. The summed E-state index contributed by atoms with van der Waals surface area (Å²) in [5.41, 5.74) is -0.0881. The molecule has 2 heteroatoms. The third-order valence-electron chi connectivity index (χ3n) is 2.63. The molecule has 2 unspecified atom stereocenters. The van der Waals surface area contributed by atoms with Crippen LogP contribution in [-0.4, -0.2) is 29.3 Å². The standard InChI is InChI=1S/C9H17NO/c1-4-5-6-10-7-9(10,3)8(2)11/h4-7H2,1-3H3. The van der Waals surface area contributed by atoms with E-state index in [1.165, 1.54) is 12.8 Å². The van der Waals surface area contributed by atoms with Crippen molar-refractivity contribution in [3.63, 3.8) is 0 Å². The van der Waals surface area contributed by atoms with Gasteiger partial charge in [0.15, 0.2) is 5.78 Å². The highest BCUT2D eigenvalue weighted by Gasteiger charge is 2.50. The number of hydrogen-bond acceptors (Lipinski definition) is 2. The van der Waals surface area contributed by atoms with Gasteiger partial charge >= 0.3 is 0 Å². The maximum Gasteiger partial charge on any atom is 0.151 e. The molecule has 0 amide bonds. The average molecular weight is 155 g/mol. The lowest BCUT2D eigenvalue weighted by molar-refractivity contribution is -0.119. The normalized spacial score (nSPS) is 35.4. The Kier molecular flexibility index (Phi) is 2.33. The largest absolute Gasteiger partial charge is 0.298 e. The van der Waals surface area contributed by atoms with Gasteiger partial charge in [-0.3, -0.25) is 9.69 Å². The minimum absolute atomic E-state index is 0.0881. The summed E-state index contributed by atoms with van der Waals surface area (Å²) in [6, 6.07) is 0. The van der Waals surface area contributed by atoms with E-state index in [1.54, 1.807) is 6.92 Å². The van der Waals surface area contributed by atoms with Crippen LogP contribution in [0.1, 0.15) is 33.6 Å². The molecular formula is C9H17NO. The van der Waals surface area contributed by atoms with Crippen molar-refractivity contribution >= 4 is 5.78 Å². The van der Waals surface area contributed by atoms with Crippen molar-refractivity contribution in [3.05, 3.63) is 0 Å².